The zero-order valence-corrected chi connectivity index (χ0v) is 19.7. The number of piperidine rings is 1. The van der Waals surface area contributed by atoms with Crippen molar-refractivity contribution in [1.82, 2.24) is 4.90 Å². The second-order valence-corrected chi connectivity index (χ2v) is 10.2. The minimum atomic E-state index is -3.95. The van der Waals surface area contributed by atoms with E-state index in [-0.39, 0.29) is 29.2 Å². The number of benzene rings is 2. The van der Waals surface area contributed by atoms with E-state index >= 15 is 0 Å². The SMILES string of the molecule is CCOC(=O)C1CCN(C(=O)[C@@H]2CN(S(=O)(=O)c3ccc(Cl)cc3)c3ccccc3O2)CC1. The highest BCUT2D eigenvalue weighted by Gasteiger charge is 2.40. The van der Waals surface area contributed by atoms with Gasteiger partial charge in [0.1, 0.15) is 5.75 Å². The number of para-hydroxylation sites is 2. The molecule has 176 valence electrons. The van der Waals surface area contributed by atoms with Gasteiger partial charge in [-0.2, -0.15) is 0 Å². The molecule has 0 spiro atoms. The molecule has 0 unspecified atom stereocenters. The van der Waals surface area contributed by atoms with Crippen molar-refractivity contribution in [2.75, 3.05) is 30.5 Å². The molecule has 0 bridgehead atoms. The largest absolute Gasteiger partial charge is 0.476 e. The summed E-state index contributed by atoms with van der Waals surface area (Å²) in [6.07, 6.45) is 0.00236. The summed E-state index contributed by atoms with van der Waals surface area (Å²) in [5.41, 5.74) is 0.373. The molecule has 1 amide bonds. The van der Waals surface area contributed by atoms with E-state index in [4.69, 9.17) is 21.1 Å². The van der Waals surface area contributed by atoms with Gasteiger partial charge in [0, 0.05) is 18.1 Å². The van der Waals surface area contributed by atoms with Gasteiger partial charge < -0.3 is 14.4 Å². The molecule has 1 saturated heterocycles. The number of amides is 1. The Balaban J connectivity index is 1.55. The molecule has 0 radical (unpaired) electrons. The molecule has 2 aliphatic rings. The number of nitrogens with zero attached hydrogens (tertiary/aromatic N) is 2. The van der Waals surface area contributed by atoms with Crippen LogP contribution in [0.2, 0.25) is 5.02 Å². The molecule has 0 saturated carbocycles. The van der Waals surface area contributed by atoms with Crippen LogP contribution in [0.5, 0.6) is 5.75 Å². The lowest BCUT2D eigenvalue weighted by Crippen LogP contribution is -2.53. The second-order valence-electron chi connectivity index (χ2n) is 7.92. The van der Waals surface area contributed by atoms with Gasteiger partial charge in [0.25, 0.3) is 15.9 Å². The van der Waals surface area contributed by atoms with Crippen LogP contribution in [0.4, 0.5) is 5.69 Å². The Kier molecular flexibility index (Phi) is 6.81. The van der Waals surface area contributed by atoms with E-state index in [1.54, 1.807) is 36.1 Å². The van der Waals surface area contributed by atoms with Crippen LogP contribution in [-0.2, 0) is 24.3 Å². The van der Waals surface area contributed by atoms with Crippen LogP contribution in [0.15, 0.2) is 53.4 Å². The molecular formula is C23H25ClN2O6S. The topological polar surface area (TPSA) is 93.2 Å². The lowest BCUT2D eigenvalue weighted by atomic mass is 9.96. The smallest absolute Gasteiger partial charge is 0.309 e. The first-order chi connectivity index (χ1) is 15.8. The number of anilines is 1. The number of hydrogen-bond donors (Lipinski definition) is 0. The summed E-state index contributed by atoms with van der Waals surface area (Å²) in [5.74, 6) is -0.458. The van der Waals surface area contributed by atoms with E-state index in [2.05, 4.69) is 0 Å². The van der Waals surface area contributed by atoms with Gasteiger partial charge in [-0.25, -0.2) is 8.42 Å². The van der Waals surface area contributed by atoms with E-state index < -0.39 is 16.1 Å². The Hall–Kier alpha value is -2.78. The van der Waals surface area contributed by atoms with Gasteiger partial charge in [-0.05, 0) is 56.2 Å². The summed E-state index contributed by atoms with van der Waals surface area (Å²) in [6, 6.07) is 12.6. The lowest BCUT2D eigenvalue weighted by molar-refractivity contribution is -0.152. The Morgan fingerprint density at radius 1 is 1.09 bits per heavy atom. The van der Waals surface area contributed by atoms with Crippen molar-refractivity contribution in [2.24, 2.45) is 5.92 Å². The van der Waals surface area contributed by atoms with E-state index in [1.807, 2.05) is 0 Å². The van der Waals surface area contributed by atoms with Crippen LogP contribution in [0.3, 0.4) is 0 Å². The van der Waals surface area contributed by atoms with E-state index in [0.717, 1.165) is 0 Å². The summed E-state index contributed by atoms with van der Waals surface area (Å²) in [6.45, 7) is 2.70. The number of halogens is 1. The number of hydrogen-bond acceptors (Lipinski definition) is 6. The fourth-order valence-corrected chi connectivity index (χ4v) is 5.69. The minimum absolute atomic E-state index is 0.0741. The molecule has 0 aromatic heterocycles. The molecule has 0 aliphatic carbocycles. The van der Waals surface area contributed by atoms with E-state index in [0.29, 0.717) is 49.0 Å². The molecule has 33 heavy (non-hydrogen) atoms. The third-order valence-electron chi connectivity index (χ3n) is 5.84. The molecule has 4 rings (SSSR count). The summed E-state index contributed by atoms with van der Waals surface area (Å²) in [5, 5.41) is 0.426. The number of esters is 1. The number of rotatable bonds is 5. The number of ether oxygens (including phenoxy) is 2. The molecule has 8 nitrogen and oxygen atoms in total. The van der Waals surface area contributed by atoms with Gasteiger partial charge in [-0.1, -0.05) is 23.7 Å². The maximum atomic E-state index is 13.4. The van der Waals surface area contributed by atoms with Crippen LogP contribution in [0.25, 0.3) is 0 Å². The van der Waals surface area contributed by atoms with Crippen LogP contribution in [-0.4, -0.2) is 57.5 Å². The monoisotopic (exact) mass is 492 g/mol. The number of carbonyl (C=O) groups is 2. The summed E-state index contributed by atoms with van der Waals surface area (Å²) >= 11 is 5.92. The first kappa shape index (κ1) is 23.4. The molecule has 2 aromatic carbocycles. The van der Waals surface area contributed by atoms with E-state index in [9.17, 15) is 18.0 Å². The Morgan fingerprint density at radius 3 is 2.42 bits per heavy atom. The zero-order chi connectivity index (χ0) is 23.6. The van der Waals surface area contributed by atoms with Crippen LogP contribution >= 0.6 is 11.6 Å². The number of sulfonamides is 1. The van der Waals surface area contributed by atoms with Crippen LogP contribution in [0, 0.1) is 5.92 Å². The fourth-order valence-electron chi connectivity index (χ4n) is 4.09. The third-order valence-corrected chi connectivity index (χ3v) is 7.88. The predicted molar refractivity (Wildman–Crippen MR) is 123 cm³/mol. The Labute approximate surface area is 198 Å². The van der Waals surface area contributed by atoms with Crippen molar-refractivity contribution in [1.29, 1.82) is 0 Å². The lowest BCUT2D eigenvalue weighted by Gasteiger charge is -2.38. The normalized spacial score (nSPS) is 18.9. The summed E-state index contributed by atoms with van der Waals surface area (Å²) < 4.78 is 39.1. The van der Waals surface area contributed by atoms with Crippen LogP contribution < -0.4 is 9.04 Å². The van der Waals surface area contributed by atoms with Gasteiger partial charge in [-0.15, -0.1) is 0 Å². The van der Waals surface area contributed by atoms with Gasteiger partial charge in [0.15, 0.2) is 6.10 Å². The molecule has 0 N–H and O–H groups in total. The van der Waals surface area contributed by atoms with E-state index in [1.165, 1.54) is 28.6 Å². The van der Waals surface area contributed by atoms with Crippen LogP contribution in [0.1, 0.15) is 19.8 Å². The van der Waals surface area contributed by atoms with Crippen molar-refractivity contribution < 1.29 is 27.5 Å². The standard InChI is InChI=1S/C23H25ClN2O6S/c1-2-31-23(28)16-11-13-25(14-12-16)22(27)21-15-26(19-5-3-4-6-20(19)32-21)33(29,30)18-9-7-17(24)8-10-18/h3-10,16,21H,2,11-15H2,1H3/t21-/m0/s1. The van der Waals surface area contributed by atoms with Gasteiger partial charge >= 0.3 is 5.97 Å². The molecule has 1 atom stereocenters. The van der Waals surface area contributed by atoms with Crippen molar-refractivity contribution >= 4 is 39.2 Å². The summed E-state index contributed by atoms with van der Waals surface area (Å²) in [4.78, 5) is 27.0. The number of carbonyl (C=O) groups excluding carboxylic acids is 2. The maximum Gasteiger partial charge on any atom is 0.309 e. The summed E-state index contributed by atoms with van der Waals surface area (Å²) in [7, 11) is -3.95. The molecular weight excluding hydrogens is 468 g/mol. The number of likely N-dealkylation sites (tertiary alicyclic amines) is 1. The average Bonchev–Trinajstić information content (AvgIpc) is 2.83. The average molecular weight is 493 g/mol. The van der Waals surface area contributed by atoms with Gasteiger partial charge in [0.2, 0.25) is 0 Å². The van der Waals surface area contributed by atoms with Crippen molar-refractivity contribution in [3.05, 3.63) is 53.6 Å². The maximum absolute atomic E-state index is 13.4. The van der Waals surface area contributed by atoms with Crippen molar-refractivity contribution in [3.63, 3.8) is 0 Å². The molecule has 2 aliphatic heterocycles. The second kappa shape index (κ2) is 9.61. The molecule has 10 heteroatoms. The highest BCUT2D eigenvalue weighted by molar-refractivity contribution is 7.92. The molecule has 1 fully saturated rings. The Morgan fingerprint density at radius 2 is 1.76 bits per heavy atom. The Bertz CT molecular complexity index is 1130. The first-order valence-electron chi connectivity index (χ1n) is 10.8. The molecule has 2 aromatic rings. The quantitative estimate of drug-likeness (QED) is 0.595. The van der Waals surface area contributed by atoms with Crippen molar-refractivity contribution in [3.8, 4) is 5.75 Å². The first-order valence-corrected chi connectivity index (χ1v) is 12.6. The predicted octanol–water partition coefficient (Wildman–Crippen LogP) is 3.10. The molecule has 2 heterocycles. The third kappa shape index (κ3) is 4.79. The highest BCUT2D eigenvalue weighted by Crippen LogP contribution is 2.37. The van der Waals surface area contributed by atoms with Gasteiger partial charge in [-0.3, -0.25) is 13.9 Å². The minimum Gasteiger partial charge on any atom is -0.476 e. The van der Waals surface area contributed by atoms with Gasteiger partial charge in [0.05, 0.1) is 29.7 Å². The zero-order valence-electron chi connectivity index (χ0n) is 18.1. The number of fused-ring (bicyclic) bond motifs is 1. The van der Waals surface area contributed by atoms with Crippen molar-refractivity contribution in [2.45, 2.75) is 30.8 Å². The highest BCUT2D eigenvalue weighted by atomic mass is 35.5. The fraction of sp³-hybridized carbons (Fsp3) is 0.391.